The second-order valence-corrected chi connectivity index (χ2v) is 8.02. The van der Waals surface area contributed by atoms with Gasteiger partial charge in [-0.15, -0.1) is 0 Å². The molecule has 0 aliphatic heterocycles. The summed E-state index contributed by atoms with van der Waals surface area (Å²) in [5.41, 5.74) is 0.872. The van der Waals surface area contributed by atoms with Gasteiger partial charge in [0.15, 0.2) is 0 Å². The normalized spacial score (nSPS) is 12.0. The average molecular weight is 389 g/mol. The molecule has 1 N–H and O–H groups in total. The quantitative estimate of drug-likeness (QED) is 0.642. The number of benzene rings is 2. The molecule has 0 spiro atoms. The number of hydrogen-bond acceptors (Lipinski definition) is 4. The molecule has 0 unspecified atom stereocenters. The molecule has 1 amide bonds. The van der Waals surface area contributed by atoms with Crippen LogP contribution in [0, 0.1) is 0 Å². The number of rotatable bonds is 4. The minimum absolute atomic E-state index is 0.238. The second-order valence-electron chi connectivity index (χ2n) is 5.40. The van der Waals surface area contributed by atoms with Crippen molar-refractivity contribution in [2.24, 2.45) is 0 Å². The van der Waals surface area contributed by atoms with Crippen LogP contribution in [-0.4, -0.2) is 33.0 Å². The molecule has 0 aliphatic carbocycles. The van der Waals surface area contributed by atoms with Crippen molar-refractivity contribution in [1.29, 1.82) is 0 Å². The average Bonchev–Trinajstić information content (AvgIpc) is 2.50. The summed E-state index contributed by atoms with van der Waals surface area (Å²) in [6, 6.07) is 10.3. The van der Waals surface area contributed by atoms with Crippen molar-refractivity contribution < 1.29 is 17.8 Å². The minimum atomic E-state index is -4.59. The summed E-state index contributed by atoms with van der Waals surface area (Å²) < 4.78 is 33.0. The SMILES string of the molecule is C[N+](C)(c1ccc(C(=O)Nc2cc(Cl)ccc2Cl)cc1)S(=O)(=O)[O-]. The smallest absolute Gasteiger partial charge is 0.258 e. The van der Waals surface area contributed by atoms with Crippen molar-refractivity contribution in [1.82, 2.24) is 3.89 Å². The van der Waals surface area contributed by atoms with Gasteiger partial charge in [0.25, 0.3) is 16.2 Å². The third-order valence-corrected chi connectivity index (χ3v) is 5.38. The van der Waals surface area contributed by atoms with Crippen molar-refractivity contribution in [2.75, 3.05) is 19.4 Å². The third kappa shape index (κ3) is 3.88. The van der Waals surface area contributed by atoms with E-state index < -0.39 is 20.1 Å². The van der Waals surface area contributed by atoms with Crippen LogP contribution < -0.4 is 9.21 Å². The Morgan fingerprint density at radius 3 is 2.21 bits per heavy atom. The minimum Gasteiger partial charge on any atom is -0.701 e. The molecule has 2 aromatic rings. The number of carbonyl (C=O) groups is 1. The molecule has 2 aromatic carbocycles. The number of hydrogen-bond donors (Lipinski definition) is 1. The first-order chi connectivity index (χ1) is 11.0. The Hall–Kier alpha value is -1.64. The fraction of sp³-hybridized carbons (Fsp3) is 0.133. The Bertz CT molecular complexity index is 881. The maximum absolute atomic E-state index is 12.2. The van der Waals surface area contributed by atoms with E-state index in [1.807, 2.05) is 0 Å². The van der Waals surface area contributed by atoms with Gasteiger partial charge in [-0.25, -0.2) is 3.89 Å². The van der Waals surface area contributed by atoms with Crippen LogP contribution in [-0.2, 0) is 10.3 Å². The first-order valence-corrected chi connectivity index (χ1v) is 8.81. The standard InChI is InChI=1S/C15H14Cl2N2O4S/c1-19(2,24(21,22)23)12-6-3-10(4-7-12)15(20)18-14-9-11(16)5-8-13(14)17/h3-9H,1-2H3,(H-,18,20,21,22,23). The van der Waals surface area contributed by atoms with E-state index in [4.69, 9.17) is 23.2 Å². The van der Waals surface area contributed by atoms with E-state index in [1.165, 1.54) is 44.4 Å². The van der Waals surface area contributed by atoms with Crippen molar-refractivity contribution >= 4 is 50.8 Å². The highest BCUT2D eigenvalue weighted by Crippen LogP contribution is 2.27. The second kappa shape index (κ2) is 6.70. The lowest BCUT2D eigenvalue weighted by Crippen LogP contribution is -2.46. The highest BCUT2D eigenvalue weighted by molar-refractivity contribution is 7.85. The molecule has 0 saturated heterocycles. The highest BCUT2D eigenvalue weighted by Gasteiger charge is 2.27. The molecule has 0 saturated carbocycles. The Kier molecular flexibility index (Phi) is 5.22. The molecule has 0 aromatic heterocycles. The van der Waals surface area contributed by atoms with Gasteiger partial charge in [0.05, 0.1) is 24.8 Å². The van der Waals surface area contributed by atoms with E-state index in [2.05, 4.69) is 5.32 Å². The molecule has 0 radical (unpaired) electrons. The van der Waals surface area contributed by atoms with Gasteiger partial charge in [0.2, 0.25) is 0 Å². The van der Waals surface area contributed by atoms with E-state index in [9.17, 15) is 17.8 Å². The van der Waals surface area contributed by atoms with Crippen LogP contribution in [0.25, 0.3) is 0 Å². The van der Waals surface area contributed by atoms with Crippen LogP contribution in [0.4, 0.5) is 11.4 Å². The van der Waals surface area contributed by atoms with E-state index in [0.717, 1.165) is 0 Å². The number of nitrogens with zero attached hydrogens (tertiary/aromatic N) is 1. The zero-order chi connectivity index (χ0) is 18.1. The van der Waals surface area contributed by atoms with E-state index in [1.54, 1.807) is 12.1 Å². The predicted molar refractivity (Wildman–Crippen MR) is 94.2 cm³/mol. The largest absolute Gasteiger partial charge is 0.701 e. The Labute approximate surface area is 150 Å². The lowest BCUT2D eigenvalue weighted by atomic mass is 10.2. The fourth-order valence-electron chi connectivity index (χ4n) is 1.89. The van der Waals surface area contributed by atoms with Crippen molar-refractivity contribution in [3.8, 4) is 0 Å². The summed E-state index contributed by atoms with van der Waals surface area (Å²) >= 11 is 11.8. The molecule has 0 fully saturated rings. The number of nitrogens with one attached hydrogen (secondary N) is 1. The summed E-state index contributed by atoms with van der Waals surface area (Å²) in [5.74, 6) is -0.444. The Balaban J connectivity index is 2.25. The molecule has 0 aliphatic rings. The third-order valence-electron chi connectivity index (χ3n) is 3.49. The van der Waals surface area contributed by atoms with Gasteiger partial charge in [-0.1, -0.05) is 23.2 Å². The van der Waals surface area contributed by atoms with Gasteiger partial charge in [0, 0.05) is 22.7 Å². The van der Waals surface area contributed by atoms with E-state index in [-0.39, 0.29) is 11.3 Å². The summed E-state index contributed by atoms with van der Waals surface area (Å²) in [6.07, 6.45) is 0. The molecule has 2 rings (SSSR count). The first kappa shape index (κ1) is 18.7. The number of carbonyl (C=O) groups excluding carboxylic acids is 1. The summed E-state index contributed by atoms with van der Waals surface area (Å²) in [7, 11) is -2.09. The zero-order valence-corrected chi connectivity index (χ0v) is 15.1. The summed E-state index contributed by atoms with van der Waals surface area (Å²) in [6.45, 7) is 0. The van der Waals surface area contributed by atoms with Crippen LogP contribution in [0.1, 0.15) is 10.4 Å². The van der Waals surface area contributed by atoms with Crippen LogP contribution in [0.5, 0.6) is 0 Å². The van der Waals surface area contributed by atoms with Crippen LogP contribution >= 0.6 is 23.2 Å². The molecular formula is C15H14Cl2N2O4S. The van der Waals surface area contributed by atoms with Gasteiger partial charge in [0.1, 0.15) is 5.69 Å². The maximum Gasteiger partial charge on any atom is 0.258 e. The van der Waals surface area contributed by atoms with Crippen molar-refractivity contribution in [3.63, 3.8) is 0 Å². The molecule has 24 heavy (non-hydrogen) atoms. The molecule has 6 nitrogen and oxygen atoms in total. The van der Waals surface area contributed by atoms with Gasteiger partial charge >= 0.3 is 0 Å². The van der Waals surface area contributed by atoms with Crippen LogP contribution in [0.3, 0.4) is 0 Å². The van der Waals surface area contributed by atoms with Gasteiger partial charge in [-0.05, 0) is 30.3 Å². The molecule has 0 heterocycles. The summed E-state index contributed by atoms with van der Waals surface area (Å²) in [4.78, 5) is 12.2. The van der Waals surface area contributed by atoms with Crippen molar-refractivity contribution in [2.45, 2.75) is 0 Å². The molecular weight excluding hydrogens is 375 g/mol. The molecule has 128 valence electrons. The van der Waals surface area contributed by atoms with Crippen LogP contribution in [0.2, 0.25) is 10.0 Å². The number of halogens is 2. The fourth-order valence-corrected chi connectivity index (χ4v) is 2.61. The van der Waals surface area contributed by atoms with E-state index >= 15 is 0 Å². The maximum atomic E-state index is 12.2. The van der Waals surface area contributed by atoms with Gasteiger partial charge in [-0.3, -0.25) is 4.79 Å². The molecule has 9 heteroatoms. The number of anilines is 1. The molecule has 0 atom stereocenters. The first-order valence-electron chi connectivity index (χ1n) is 6.69. The summed E-state index contributed by atoms with van der Waals surface area (Å²) in [5, 5.41) is 3.37. The van der Waals surface area contributed by atoms with E-state index in [0.29, 0.717) is 15.7 Å². The van der Waals surface area contributed by atoms with Gasteiger partial charge in [-0.2, -0.15) is 8.42 Å². The Morgan fingerprint density at radius 2 is 1.67 bits per heavy atom. The number of amides is 1. The Morgan fingerprint density at radius 1 is 1.08 bits per heavy atom. The van der Waals surface area contributed by atoms with Gasteiger partial charge < -0.3 is 9.87 Å². The monoisotopic (exact) mass is 388 g/mol. The lowest BCUT2D eigenvalue weighted by Gasteiger charge is -2.30. The molecule has 0 bridgehead atoms. The number of quaternary nitrogens is 1. The van der Waals surface area contributed by atoms with Crippen LogP contribution in [0.15, 0.2) is 42.5 Å². The lowest BCUT2D eigenvalue weighted by molar-refractivity contribution is 0.102. The topological polar surface area (TPSA) is 86.3 Å². The van der Waals surface area contributed by atoms with Crippen molar-refractivity contribution in [3.05, 3.63) is 58.1 Å². The predicted octanol–water partition coefficient (Wildman–Crippen LogP) is 3.27. The highest BCUT2D eigenvalue weighted by atomic mass is 35.5. The zero-order valence-electron chi connectivity index (χ0n) is 12.8.